The number of rotatable bonds is 1. The molecule has 1 aromatic heterocycles. The molecule has 2 aliphatic heterocycles. The highest BCUT2D eigenvalue weighted by molar-refractivity contribution is 5.55. The molecule has 3 aliphatic rings. The molecule has 3 heterocycles. The van der Waals surface area contributed by atoms with E-state index in [9.17, 15) is 0 Å². The van der Waals surface area contributed by atoms with Crippen molar-refractivity contribution in [1.82, 2.24) is 10.3 Å². The number of hydrogen-bond donors (Lipinski definition) is 1. The minimum Gasteiger partial charge on any atom is -0.351 e. The fraction of sp³-hybridized carbons (Fsp3) is 0.643. The van der Waals surface area contributed by atoms with Gasteiger partial charge in [-0.1, -0.05) is 0 Å². The molecule has 0 aromatic carbocycles. The van der Waals surface area contributed by atoms with Gasteiger partial charge in [-0.25, -0.2) is 4.98 Å². The van der Waals surface area contributed by atoms with E-state index in [1.807, 2.05) is 6.20 Å². The first-order chi connectivity index (χ1) is 8.43. The van der Waals surface area contributed by atoms with E-state index in [2.05, 4.69) is 21.3 Å². The molecular weight excluding hydrogens is 210 g/mol. The fourth-order valence-corrected chi connectivity index (χ4v) is 3.38. The average molecular weight is 229 g/mol. The van der Waals surface area contributed by atoms with Gasteiger partial charge >= 0.3 is 0 Å². The summed E-state index contributed by atoms with van der Waals surface area (Å²) in [6, 6.07) is 2.94. The summed E-state index contributed by atoms with van der Waals surface area (Å²) in [5.74, 6) is 2.15. The maximum absolute atomic E-state index is 4.67. The summed E-state index contributed by atoms with van der Waals surface area (Å²) in [6.07, 6.45) is 7.34. The maximum atomic E-state index is 4.67. The summed E-state index contributed by atoms with van der Waals surface area (Å²) >= 11 is 0. The van der Waals surface area contributed by atoms with Crippen LogP contribution in [-0.4, -0.2) is 30.7 Å². The number of pyridine rings is 1. The van der Waals surface area contributed by atoms with Gasteiger partial charge in [0.15, 0.2) is 0 Å². The van der Waals surface area contributed by atoms with Crippen molar-refractivity contribution in [3.05, 3.63) is 23.4 Å². The van der Waals surface area contributed by atoms with Gasteiger partial charge in [0.05, 0.1) is 0 Å². The first-order valence-corrected chi connectivity index (χ1v) is 6.88. The lowest BCUT2D eigenvalue weighted by atomic mass is 9.92. The molecule has 1 saturated carbocycles. The van der Waals surface area contributed by atoms with Gasteiger partial charge in [-0.2, -0.15) is 0 Å². The molecule has 90 valence electrons. The highest BCUT2D eigenvalue weighted by atomic mass is 15.3. The molecule has 1 aromatic rings. The number of fused-ring (bicyclic) bond motifs is 3. The predicted octanol–water partition coefficient (Wildman–Crippen LogP) is 1.68. The first kappa shape index (κ1) is 9.89. The summed E-state index contributed by atoms with van der Waals surface area (Å²) in [5, 5.41) is 3.50. The Balaban J connectivity index is 1.77. The SMILES string of the molecule is c1cc(C2CC2)c2c(n1)N1CCNC[C@H]1CC2. The second kappa shape index (κ2) is 3.70. The minimum atomic E-state index is 0.679. The van der Waals surface area contributed by atoms with Crippen LogP contribution >= 0.6 is 0 Å². The lowest BCUT2D eigenvalue weighted by Crippen LogP contribution is -2.53. The molecule has 3 heteroatoms. The predicted molar refractivity (Wildman–Crippen MR) is 68.5 cm³/mol. The molecule has 17 heavy (non-hydrogen) atoms. The van der Waals surface area contributed by atoms with Gasteiger partial charge < -0.3 is 10.2 Å². The van der Waals surface area contributed by atoms with Crippen molar-refractivity contribution in [1.29, 1.82) is 0 Å². The molecule has 1 N–H and O–H groups in total. The van der Waals surface area contributed by atoms with Crippen LogP contribution in [0, 0.1) is 0 Å². The molecule has 1 saturated heterocycles. The Morgan fingerprint density at radius 3 is 3.12 bits per heavy atom. The van der Waals surface area contributed by atoms with Crippen molar-refractivity contribution in [2.45, 2.75) is 37.6 Å². The summed E-state index contributed by atoms with van der Waals surface area (Å²) in [6.45, 7) is 3.36. The van der Waals surface area contributed by atoms with E-state index < -0.39 is 0 Å². The highest BCUT2D eigenvalue weighted by Crippen LogP contribution is 2.45. The third-order valence-electron chi connectivity index (χ3n) is 4.44. The van der Waals surface area contributed by atoms with Crippen LogP contribution in [0.15, 0.2) is 12.3 Å². The second-order valence-electron chi connectivity index (χ2n) is 5.57. The summed E-state index contributed by atoms with van der Waals surface area (Å²) in [4.78, 5) is 7.22. The molecule has 0 spiro atoms. The van der Waals surface area contributed by atoms with E-state index in [4.69, 9.17) is 0 Å². The average Bonchev–Trinajstić information content (AvgIpc) is 3.22. The van der Waals surface area contributed by atoms with Gasteiger partial charge in [0, 0.05) is 31.9 Å². The maximum Gasteiger partial charge on any atom is 0.132 e. The van der Waals surface area contributed by atoms with Crippen LogP contribution in [0.1, 0.15) is 36.3 Å². The number of aromatic nitrogens is 1. The Kier molecular flexibility index (Phi) is 2.15. The van der Waals surface area contributed by atoms with E-state index in [-0.39, 0.29) is 0 Å². The molecule has 3 nitrogen and oxygen atoms in total. The third kappa shape index (κ3) is 1.56. The normalized spacial score (nSPS) is 27.5. The van der Waals surface area contributed by atoms with Gasteiger partial charge in [-0.15, -0.1) is 0 Å². The Labute approximate surface area is 102 Å². The van der Waals surface area contributed by atoms with E-state index in [0.29, 0.717) is 6.04 Å². The van der Waals surface area contributed by atoms with Crippen LogP contribution in [0.4, 0.5) is 5.82 Å². The van der Waals surface area contributed by atoms with Gasteiger partial charge in [0.25, 0.3) is 0 Å². The number of anilines is 1. The number of nitrogens with zero attached hydrogens (tertiary/aromatic N) is 2. The Morgan fingerprint density at radius 2 is 2.24 bits per heavy atom. The van der Waals surface area contributed by atoms with Crippen molar-refractivity contribution >= 4 is 5.82 Å². The monoisotopic (exact) mass is 229 g/mol. The molecule has 0 bridgehead atoms. The van der Waals surface area contributed by atoms with Gasteiger partial charge in [0.1, 0.15) is 5.82 Å². The molecule has 0 radical (unpaired) electrons. The Morgan fingerprint density at radius 1 is 1.29 bits per heavy atom. The summed E-state index contributed by atoms with van der Waals surface area (Å²) in [5.41, 5.74) is 3.17. The zero-order valence-corrected chi connectivity index (χ0v) is 10.2. The second-order valence-corrected chi connectivity index (χ2v) is 5.57. The molecular formula is C14H19N3. The van der Waals surface area contributed by atoms with Crippen LogP contribution in [0.3, 0.4) is 0 Å². The van der Waals surface area contributed by atoms with Crippen molar-refractivity contribution in [3.63, 3.8) is 0 Å². The number of nitrogens with one attached hydrogen (secondary N) is 1. The van der Waals surface area contributed by atoms with Gasteiger partial charge in [-0.3, -0.25) is 0 Å². The van der Waals surface area contributed by atoms with Crippen LogP contribution in [0.5, 0.6) is 0 Å². The standard InChI is InChI=1S/C14H19N3/c1-2-10(1)12-5-6-16-14-13(12)4-3-11-9-15-7-8-17(11)14/h5-6,10-11,15H,1-4,7-9H2/t11-/m1/s1. The van der Waals surface area contributed by atoms with Crippen LogP contribution in [0.2, 0.25) is 0 Å². The van der Waals surface area contributed by atoms with Crippen molar-refractivity contribution in [2.24, 2.45) is 0 Å². The Hall–Kier alpha value is -1.09. The van der Waals surface area contributed by atoms with Crippen LogP contribution in [-0.2, 0) is 6.42 Å². The lowest BCUT2D eigenvalue weighted by molar-refractivity contribution is 0.435. The number of piperazine rings is 1. The number of hydrogen-bond acceptors (Lipinski definition) is 3. The minimum absolute atomic E-state index is 0.679. The van der Waals surface area contributed by atoms with Crippen molar-refractivity contribution in [3.8, 4) is 0 Å². The molecule has 0 amide bonds. The highest BCUT2D eigenvalue weighted by Gasteiger charge is 2.34. The fourth-order valence-electron chi connectivity index (χ4n) is 3.38. The molecule has 4 rings (SSSR count). The van der Waals surface area contributed by atoms with Gasteiger partial charge in [-0.05, 0) is 48.8 Å². The largest absolute Gasteiger partial charge is 0.351 e. The molecule has 1 aliphatic carbocycles. The first-order valence-electron chi connectivity index (χ1n) is 6.88. The van der Waals surface area contributed by atoms with E-state index in [1.165, 1.54) is 31.5 Å². The van der Waals surface area contributed by atoms with Crippen molar-refractivity contribution < 1.29 is 0 Å². The zero-order valence-electron chi connectivity index (χ0n) is 10.2. The quantitative estimate of drug-likeness (QED) is 0.794. The zero-order chi connectivity index (χ0) is 11.2. The van der Waals surface area contributed by atoms with Gasteiger partial charge in [0.2, 0.25) is 0 Å². The lowest BCUT2D eigenvalue weighted by Gasteiger charge is -2.42. The van der Waals surface area contributed by atoms with Crippen molar-refractivity contribution in [2.75, 3.05) is 24.5 Å². The Bertz CT molecular complexity index is 439. The topological polar surface area (TPSA) is 28.2 Å². The van der Waals surface area contributed by atoms with E-state index in [0.717, 1.165) is 25.6 Å². The molecule has 2 fully saturated rings. The summed E-state index contributed by atoms with van der Waals surface area (Å²) < 4.78 is 0. The van der Waals surface area contributed by atoms with Crippen LogP contribution < -0.4 is 10.2 Å². The smallest absolute Gasteiger partial charge is 0.132 e. The van der Waals surface area contributed by atoms with Crippen LogP contribution in [0.25, 0.3) is 0 Å². The third-order valence-corrected chi connectivity index (χ3v) is 4.44. The molecule has 0 unspecified atom stereocenters. The van der Waals surface area contributed by atoms with E-state index in [1.54, 1.807) is 11.1 Å². The molecule has 1 atom stereocenters. The van der Waals surface area contributed by atoms with E-state index >= 15 is 0 Å². The summed E-state index contributed by atoms with van der Waals surface area (Å²) in [7, 11) is 0.